The van der Waals surface area contributed by atoms with Gasteiger partial charge >= 0.3 is 0 Å². The Hall–Kier alpha value is -0.380. The minimum absolute atomic E-state index is 0.253. The zero-order valence-electron chi connectivity index (χ0n) is 12.5. The van der Waals surface area contributed by atoms with E-state index in [-0.39, 0.29) is 5.54 Å². The van der Waals surface area contributed by atoms with E-state index in [2.05, 4.69) is 62.5 Å². The molecule has 1 heterocycles. The molecule has 0 aliphatic heterocycles. The van der Waals surface area contributed by atoms with E-state index in [1.54, 1.807) is 0 Å². The molecule has 1 N–H and O–H groups in total. The van der Waals surface area contributed by atoms with Crippen LogP contribution in [-0.2, 0) is 6.42 Å². The maximum Gasteiger partial charge on any atom is 0.0189 e. The van der Waals surface area contributed by atoms with E-state index >= 15 is 0 Å². The lowest BCUT2D eigenvalue weighted by atomic mass is 10.0. The molecule has 0 bridgehead atoms. The van der Waals surface area contributed by atoms with Crippen molar-refractivity contribution in [1.82, 2.24) is 10.2 Å². The summed E-state index contributed by atoms with van der Waals surface area (Å²) in [5, 5.41) is 5.80. The van der Waals surface area contributed by atoms with Gasteiger partial charge in [-0.15, -0.1) is 11.3 Å². The summed E-state index contributed by atoms with van der Waals surface area (Å²) in [6.45, 7) is 11.3. The second-order valence-electron chi connectivity index (χ2n) is 5.78. The summed E-state index contributed by atoms with van der Waals surface area (Å²) in [4.78, 5) is 3.93. The largest absolute Gasteiger partial charge is 0.310 e. The van der Waals surface area contributed by atoms with Gasteiger partial charge in [0.15, 0.2) is 0 Å². The summed E-state index contributed by atoms with van der Waals surface area (Å²) >= 11 is 1.86. The van der Waals surface area contributed by atoms with Gasteiger partial charge in [-0.05, 0) is 52.1 Å². The van der Waals surface area contributed by atoms with Gasteiger partial charge in [0.1, 0.15) is 0 Å². The van der Waals surface area contributed by atoms with Gasteiger partial charge in [-0.1, -0.05) is 13.0 Å². The smallest absolute Gasteiger partial charge is 0.0189 e. The minimum atomic E-state index is 0.253. The molecule has 104 valence electrons. The van der Waals surface area contributed by atoms with Crippen molar-refractivity contribution in [2.45, 2.75) is 52.1 Å². The highest BCUT2D eigenvalue weighted by molar-refractivity contribution is 7.09. The van der Waals surface area contributed by atoms with Crippen LogP contribution in [0.15, 0.2) is 17.5 Å². The van der Waals surface area contributed by atoms with Crippen molar-refractivity contribution in [3.8, 4) is 0 Å². The third-order valence-corrected chi connectivity index (χ3v) is 4.74. The predicted molar refractivity (Wildman–Crippen MR) is 82.5 cm³/mol. The first-order chi connectivity index (χ1) is 8.44. The van der Waals surface area contributed by atoms with E-state index < -0.39 is 0 Å². The van der Waals surface area contributed by atoms with Crippen molar-refractivity contribution < 1.29 is 0 Å². The molecular formula is C15H28N2S. The molecule has 0 fully saturated rings. The zero-order valence-corrected chi connectivity index (χ0v) is 13.3. The SMILES string of the molecule is CCC(C)(C)NCC(C)N(C)CCc1cccs1. The fourth-order valence-corrected chi connectivity index (χ4v) is 2.36. The first kappa shape index (κ1) is 15.7. The van der Waals surface area contributed by atoms with Gasteiger partial charge in [0.2, 0.25) is 0 Å². The summed E-state index contributed by atoms with van der Waals surface area (Å²) in [6.07, 6.45) is 2.33. The molecule has 0 amide bonds. The van der Waals surface area contributed by atoms with Crippen LogP contribution in [0.1, 0.15) is 39.0 Å². The Labute approximate surface area is 116 Å². The highest BCUT2D eigenvalue weighted by Gasteiger charge is 2.16. The lowest BCUT2D eigenvalue weighted by molar-refractivity contribution is 0.233. The summed E-state index contributed by atoms with van der Waals surface area (Å²) in [7, 11) is 2.22. The number of likely N-dealkylation sites (N-methyl/N-ethyl adjacent to an activating group) is 1. The molecule has 1 aromatic rings. The first-order valence-corrected chi connectivity index (χ1v) is 7.80. The van der Waals surface area contributed by atoms with Crippen LogP contribution in [0.2, 0.25) is 0 Å². The zero-order chi connectivity index (χ0) is 13.6. The van der Waals surface area contributed by atoms with E-state index in [4.69, 9.17) is 0 Å². The van der Waals surface area contributed by atoms with Gasteiger partial charge in [-0.3, -0.25) is 0 Å². The van der Waals surface area contributed by atoms with E-state index in [1.807, 2.05) is 11.3 Å². The number of nitrogens with zero attached hydrogens (tertiary/aromatic N) is 1. The average Bonchev–Trinajstić information content (AvgIpc) is 2.86. The molecule has 18 heavy (non-hydrogen) atoms. The van der Waals surface area contributed by atoms with Gasteiger partial charge < -0.3 is 10.2 Å². The Bertz CT molecular complexity index is 319. The number of rotatable bonds is 8. The van der Waals surface area contributed by atoms with Gasteiger partial charge in [-0.25, -0.2) is 0 Å². The van der Waals surface area contributed by atoms with Crippen molar-refractivity contribution in [2.24, 2.45) is 0 Å². The molecule has 3 heteroatoms. The third kappa shape index (κ3) is 5.51. The topological polar surface area (TPSA) is 15.3 Å². The summed E-state index contributed by atoms with van der Waals surface area (Å²) in [5.41, 5.74) is 0.253. The Morgan fingerprint density at radius 2 is 2.17 bits per heavy atom. The van der Waals surface area contributed by atoms with Crippen LogP contribution in [0.25, 0.3) is 0 Å². The minimum Gasteiger partial charge on any atom is -0.310 e. The van der Waals surface area contributed by atoms with Crippen LogP contribution in [0.5, 0.6) is 0 Å². The monoisotopic (exact) mass is 268 g/mol. The molecule has 1 unspecified atom stereocenters. The number of hydrogen-bond acceptors (Lipinski definition) is 3. The molecule has 1 aromatic heterocycles. The standard InChI is InChI=1S/C15H28N2S/c1-6-15(3,4)16-12-13(2)17(5)10-9-14-8-7-11-18-14/h7-8,11,13,16H,6,9-10,12H2,1-5H3. The number of thiophene rings is 1. The van der Waals surface area contributed by atoms with Gasteiger partial charge in [0.05, 0.1) is 0 Å². The highest BCUT2D eigenvalue weighted by Crippen LogP contribution is 2.11. The average molecular weight is 268 g/mol. The van der Waals surface area contributed by atoms with Gasteiger partial charge in [0.25, 0.3) is 0 Å². The fourth-order valence-electron chi connectivity index (χ4n) is 1.67. The van der Waals surface area contributed by atoms with Crippen molar-refractivity contribution in [1.29, 1.82) is 0 Å². The molecule has 0 radical (unpaired) electrons. The Morgan fingerprint density at radius 3 is 2.72 bits per heavy atom. The van der Waals surface area contributed by atoms with Crippen molar-refractivity contribution in [2.75, 3.05) is 20.1 Å². The molecule has 0 saturated carbocycles. The first-order valence-electron chi connectivity index (χ1n) is 6.92. The van der Waals surface area contributed by atoms with E-state index in [0.717, 1.165) is 19.5 Å². The third-order valence-electron chi connectivity index (χ3n) is 3.80. The van der Waals surface area contributed by atoms with Crippen molar-refractivity contribution in [3.63, 3.8) is 0 Å². The maximum absolute atomic E-state index is 3.64. The lowest BCUT2D eigenvalue weighted by Gasteiger charge is -2.30. The Morgan fingerprint density at radius 1 is 1.44 bits per heavy atom. The normalized spacial score (nSPS) is 14.1. The molecule has 1 rings (SSSR count). The summed E-state index contributed by atoms with van der Waals surface area (Å²) in [6, 6.07) is 4.94. The fraction of sp³-hybridized carbons (Fsp3) is 0.733. The molecular weight excluding hydrogens is 240 g/mol. The molecule has 0 aromatic carbocycles. The molecule has 2 nitrogen and oxygen atoms in total. The predicted octanol–water partition coefficient (Wildman–Crippen LogP) is 3.39. The molecule has 0 spiro atoms. The van der Waals surface area contributed by atoms with Crippen LogP contribution in [0, 0.1) is 0 Å². The van der Waals surface area contributed by atoms with Crippen LogP contribution in [0.3, 0.4) is 0 Å². The highest BCUT2D eigenvalue weighted by atomic mass is 32.1. The molecule has 1 atom stereocenters. The van der Waals surface area contributed by atoms with Crippen LogP contribution >= 0.6 is 11.3 Å². The Balaban J connectivity index is 2.26. The molecule has 0 saturated heterocycles. The van der Waals surface area contributed by atoms with Crippen LogP contribution in [0.4, 0.5) is 0 Å². The lowest BCUT2D eigenvalue weighted by Crippen LogP contribution is -2.46. The van der Waals surface area contributed by atoms with E-state index in [0.29, 0.717) is 6.04 Å². The van der Waals surface area contributed by atoms with Crippen LogP contribution in [-0.4, -0.2) is 36.6 Å². The maximum atomic E-state index is 3.64. The quantitative estimate of drug-likeness (QED) is 0.777. The number of hydrogen-bond donors (Lipinski definition) is 1. The molecule has 0 aliphatic rings. The van der Waals surface area contributed by atoms with Crippen LogP contribution < -0.4 is 5.32 Å². The summed E-state index contributed by atoms with van der Waals surface area (Å²) in [5.74, 6) is 0. The van der Waals surface area contributed by atoms with Gasteiger partial charge in [0, 0.05) is 29.5 Å². The van der Waals surface area contributed by atoms with E-state index in [1.165, 1.54) is 11.3 Å². The second-order valence-corrected chi connectivity index (χ2v) is 6.81. The van der Waals surface area contributed by atoms with Crippen molar-refractivity contribution >= 4 is 11.3 Å². The second kappa shape index (κ2) is 7.27. The van der Waals surface area contributed by atoms with Crippen molar-refractivity contribution in [3.05, 3.63) is 22.4 Å². The summed E-state index contributed by atoms with van der Waals surface area (Å²) < 4.78 is 0. The molecule has 0 aliphatic carbocycles. The van der Waals surface area contributed by atoms with Gasteiger partial charge in [-0.2, -0.15) is 0 Å². The Kier molecular flexibility index (Phi) is 6.33. The number of nitrogens with one attached hydrogen (secondary N) is 1. The van der Waals surface area contributed by atoms with E-state index in [9.17, 15) is 0 Å².